The van der Waals surface area contributed by atoms with Crippen LogP contribution >= 0.6 is 0 Å². The normalized spacial score (nSPS) is 39.6. The van der Waals surface area contributed by atoms with Crippen molar-refractivity contribution < 1.29 is 14.3 Å². The van der Waals surface area contributed by atoms with Crippen LogP contribution in [0.15, 0.2) is 24.3 Å². The van der Waals surface area contributed by atoms with Crippen molar-refractivity contribution in [2.45, 2.75) is 61.8 Å². The molecule has 2 heterocycles. The molecule has 2 unspecified atom stereocenters. The molecule has 0 radical (unpaired) electrons. The van der Waals surface area contributed by atoms with Gasteiger partial charge in [-0.1, -0.05) is 31.2 Å². The zero-order valence-electron chi connectivity index (χ0n) is 16.5. The van der Waals surface area contributed by atoms with E-state index in [1.807, 2.05) is 0 Å². The van der Waals surface area contributed by atoms with E-state index in [9.17, 15) is 9.59 Å². The first-order valence-electron chi connectivity index (χ1n) is 10.8. The molecule has 148 valence electrons. The van der Waals surface area contributed by atoms with Crippen LogP contribution in [0.5, 0.6) is 0 Å². The monoisotopic (exact) mass is 380 g/mol. The molecule has 3 aliphatic carbocycles. The standard InChI is InChI=1S/C23H28N2O3/c1-21(5-6-21)16-3-2-4-17(9-16)23-7-8-25(13-18(23)12-23)19(26)15-10-22(11-15)14-28-20(27)24-22/h2-4,9,15,18H,5-8,10-14H2,1H3,(H,24,27). The van der Waals surface area contributed by atoms with Crippen molar-refractivity contribution in [3.63, 3.8) is 0 Å². The smallest absolute Gasteiger partial charge is 0.407 e. The number of cyclic esters (lactones) is 1. The van der Waals surface area contributed by atoms with Crippen LogP contribution in [-0.2, 0) is 20.4 Å². The predicted molar refractivity (Wildman–Crippen MR) is 104 cm³/mol. The first-order valence-corrected chi connectivity index (χ1v) is 10.8. The highest BCUT2D eigenvalue weighted by atomic mass is 16.6. The number of benzene rings is 1. The maximum absolute atomic E-state index is 13.0. The second kappa shape index (κ2) is 5.31. The van der Waals surface area contributed by atoms with E-state index in [0.717, 1.165) is 32.4 Å². The number of ether oxygens (including phenoxy) is 1. The molecule has 1 N–H and O–H groups in total. The minimum Gasteiger partial charge on any atom is -0.447 e. The number of amides is 2. The lowest BCUT2D eigenvalue weighted by molar-refractivity contribution is -0.142. The van der Waals surface area contributed by atoms with Gasteiger partial charge >= 0.3 is 6.09 Å². The quantitative estimate of drug-likeness (QED) is 0.877. The van der Waals surface area contributed by atoms with Gasteiger partial charge in [-0.05, 0) is 61.0 Å². The first kappa shape index (κ1) is 16.9. The Morgan fingerprint density at radius 1 is 1.18 bits per heavy atom. The van der Waals surface area contributed by atoms with Crippen molar-refractivity contribution in [3.8, 4) is 0 Å². The molecule has 0 aromatic heterocycles. The molecular formula is C23H28N2O3. The SMILES string of the molecule is CC1(c2cccc(C34CCN(C(=O)C5CC6(COC(=O)N6)C5)CC3C4)c2)CC1. The van der Waals surface area contributed by atoms with Crippen molar-refractivity contribution in [1.29, 1.82) is 0 Å². The number of likely N-dealkylation sites (tertiary alicyclic amines) is 1. The zero-order valence-corrected chi connectivity index (χ0v) is 16.5. The zero-order chi connectivity index (χ0) is 19.1. The Morgan fingerprint density at radius 3 is 2.64 bits per heavy atom. The van der Waals surface area contributed by atoms with Crippen LogP contribution in [0.3, 0.4) is 0 Å². The van der Waals surface area contributed by atoms with Crippen LogP contribution in [0, 0.1) is 11.8 Å². The molecule has 2 atom stereocenters. The average Bonchev–Trinajstić information content (AvgIpc) is 3.56. The Balaban J connectivity index is 1.11. The third-order valence-electron chi connectivity index (χ3n) is 8.42. The van der Waals surface area contributed by atoms with Crippen LogP contribution in [0.2, 0.25) is 0 Å². The molecule has 5 heteroatoms. The summed E-state index contributed by atoms with van der Waals surface area (Å²) in [6, 6.07) is 9.30. The molecule has 1 aromatic carbocycles. The lowest BCUT2D eigenvalue weighted by Gasteiger charge is -2.44. The fourth-order valence-electron chi connectivity index (χ4n) is 6.03. The summed E-state index contributed by atoms with van der Waals surface area (Å²) in [6.45, 7) is 4.55. The van der Waals surface area contributed by atoms with E-state index in [2.05, 4.69) is 41.4 Å². The predicted octanol–water partition coefficient (Wildman–Crippen LogP) is 3.12. The molecular weight excluding hydrogens is 352 g/mol. The second-order valence-electron chi connectivity index (χ2n) is 10.3. The van der Waals surface area contributed by atoms with Gasteiger partial charge in [-0.25, -0.2) is 4.79 Å². The highest BCUT2D eigenvalue weighted by Crippen LogP contribution is 2.60. The van der Waals surface area contributed by atoms with Gasteiger partial charge in [-0.2, -0.15) is 0 Å². The summed E-state index contributed by atoms with van der Waals surface area (Å²) in [5, 5.41) is 2.89. The molecule has 5 fully saturated rings. The molecule has 0 bridgehead atoms. The van der Waals surface area contributed by atoms with Gasteiger partial charge in [-0.15, -0.1) is 0 Å². The largest absolute Gasteiger partial charge is 0.447 e. The van der Waals surface area contributed by atoms with Crippen molar-refractivity contribution >= 4 is 12.0 Å². The van der Waals surface area contributed by atoms with Crippen molar-refractivity contribution in [2.24, 2.45) is 11.8 Å². The molecule has 5 aliphatic rings. The van der Waals surface area contributed by atoms with E-state index in [-0.39, 0.29) is 23.5 Å². The molecule has 2 aliphatic heterocycles. The van der Waals surface area contributed by atoms with Gasteiger partial charge in [0.2, 0.25) is 5.91 Å². The lowest BCUT2D eigenvalue weighted by Crippen LogP contribution is -2.58. The molecule has 2 saturated heterocycles. The average molecular weight is 380 g/mol. The third-order valence-corrected chi connectivity index (χ3v) is 8.42. The fourth-order valence-corrected chi connectivity index (χ4v) is 6.03. The van der Waals surface area contributed by atoms with Gasteiger partial charge in [0.1, 0.15) is 6.61 Å². The van der Waals surface area contributed by atoms with Crippen molar-refractivity contribution in [1.82, 2.24) is 10.2 Å². The number of fused-ring (bicyclic) bond motifs is 1. The molecule has 5 nitrogen and oxygen atoms in total. The summed E-state index contributed by atoms with van der Waals surface area (Å²) in [7, 11) is 0. The fraction of sp³-hybridized carbons (Fsp3) is 0.652. The topological polar surface area (TPSA) is 58.6 Å². The number of piperidine rings is 1. The third kappa shape index (κ3) is 2.37. The summed E-state index contributed by atoms with van der Waals surface area (Å²) in [6.07, 6.45) is 6.03. The second-order valence-corrected chi connectivity index (χ2v) is 10.3. The highest BCUT2D eigenvalue weighted by Gasteiger charge is 2.60. The lowest BCUT2D eigenvalue weighted by atomic mass is 9.68. The Morgan fingerprint density at radius 2 is 1.96 bits per heavy atom. The summed E-state index contributed by atoms with van der Waals surface area (Å²) in [5.41, 5.74) is 3.46. The molecule has 1 spiro atoms. The number of nitrogens with zero attached hydrogens (tertiary/aromatic N) is 1. The van der Waals surface area contributed by atoms with E-state index < -0.39 is 0 Å². The Labute approximate surface area is 165 Å². The van der Waals surface area contributed by atoms with E-state index in [1.165, 1.54) is 30.4 Å². The van der Waals surface area contributed by atoms with Crippen LogP contribution in [0.25, 0.3) is 0 Å². The van der Waals surface area contributed by atoms with Crippen molar-refractivity contribution in [2.75, 3.05) is 19.7 Å². The van der Waals surface area contributed by atoms with E-state index in [0.29, 0.717) is 23.4 Å². The molecule has 1 aromatic rings. The van der Waals surface area contributed by atoms with Crippen LogP contribution in [-0.4, -0.2) is 42.1 Å². The maximum atomic E-state index is 13.0. The molecule has 28 heavy (non-hydrogen) atoms. The molecule has 2 amide bonds. The van der Waals surface area contributed by atoms with Gasteiger partial charge in [0, 0.05) is 24.4 Å². The van der Waals surface area contributed by atoms with Crippen LogP contribution in [0.4, 0.5) is 4.79 Å². The number of rotatable bonds is 3. The van der Waals surface area contributed by atoms with Crippen LogP contribution in [0.1, 0.15) is 56.6 Å². The number of alkyl carbamates (subject to hydrolysis) is 1. The Kier molecular flexibility index (Phi) is 3.20. The maximum Gasteiger partial charge on any atom is 0.407 e. The number of hydrogen-bond donors (Lipinski definition) is 1. The summed E-state index contributed by atoms with van der Waals surface area (Å²) in [4.78, 5) is 26.4. The van der Waals surface area contributed by atoms with E-state index in [4.69, 9.17) is 4.74 Å². The summed E-state index contributed by atoms with van der Waals surface area (Å²) >= 11 is 0. The number of carbonyl (C=O) groups is 2. The minimum absolute atomic E-state index is 0.0476. The summed E-state index contributed by atoms with van der Waals surface area (Å²) in [5.74, 6) is 0.939. The van der Waals surface area contributed by atoms with Crippen LogP contribution < -0.4 is 5.32 Å². The van der Waals surface area contributed by atoms with Crippen molar-refractivity contribution in [3.05, 3.63) is 35.4 Å². The summed E-state index contributed by atoms with van der Waals surface area (Å²) < 4.78 is 5.03. The first-order chi connectivity index (χ1) is 13.4. The van der Waals surface area contributed by atoms with E-state index in [1.54, 1.807) is 0 Å². The van der Waals surface area contributed by atoms with Gasteiger partial charge in [0.05, 0.1) is 5.54 Å². The number of nitrogens with one attached hydrogen (secondary N) is 1. The highest BCUT2D eigenvalue weighted by molar-refractivity contribution is 5.82. The molecule has 6 rings (SSSR count). The Bertz CT molecular complexity index is 870. The van der Waals surface area contributed by atoms with E-state index >= 15 is 0 Å². The number of hydrogen-bond acceptors (Lipinski definition) is 3. The minimum atomic E-state index is -0.339. The van der Waals surface area contributed by atoms with Gasteiger partial charge in [0.25, 0.3) is 0 Å². The number of carbonyl (C=O) groups excluding carboxylic acids is 2. The van der Waals surface area contributed by atoms with Gasteiger partial charge in [0.15, 0.2) is 0 Å². The Hall–Kier alpha value is -2.04. The van der Waals surface area contributed by atoms with Gasteiger partial charge in [-0.3, -0.25) is 4.79 Å². The van der Waals surface area contributed by atoms with Gasteiger partial charge < -0.3 is 15.0 Å². The molecule has 3 saturated carbocycles.